The topological polar surface area (TPSA) is 75.4 Å². The molecule has 0 radical (unpaired) electrons. The third kappa shape index (κ3) is 2.46. The largest absolute Gasteiger partial charge is 0.391 e. The Hall–Kier alpha value is -0.610. The molecule has 1 aliphatic carbocycles. The standard InChI is InChI=1S/C8H16N2O2/c9-5-8(12)10-6-3-1-2-4-7(6)11/h6-7,11H,1-5,9H2,(H,10,12)/t6-,7-/m1/s1. The predicted molar refractivity (Wildman–Crippen MR) is 45.5 cm³/mol. The number of hydrogen-bond donors (Lipinski definition) is 3. The average Bonchev–Trinajstić information content (AvgIpc) is 2.09. The molecule has 0 saturated heterocycles. The monoisotopic (exact) mass is 172 g/mol. The molecule has 0 aromatic heterocycles. The normalized spacial score (nSPS) is 29.8. The molecule has 4 nitrogen and oxygen atoms in total. The molecule has 0 aliphatic heterocycles. The van der Waals surface area contributed by atoms with E-state index in [9.17, 15) is 9.90 Å². The van der Waals surface area contributed by atoms with Gasteiger partial charge in [-0.3, -0.25) is 4.79 Å². The number of amides is 1. The number of carbonyl (C=O) groups is 1. The first-order valence-corrected chi connectivity index (χ1v) is 4.41. The Balaban J connectivity index is 2.33. The summed E-state index contributed by atoms with van der Waals surface area (Å²) in [7, 11) is 0. The van der Waals surface area contributed by atoms with Crippen molar-refractivity contribution < 1.29 is 9.90 Å². The summed E-state index contributed by atoms with van der Waals surface area (Å²) >= 11 is 0. The summed E-state index contributed by atoms with van der Waals surface area (Å²) in [4.78, 5) is 10.9. The molecule has 1 fully saturated rings. The van der Waals surface area contributed by atoms with Crippen molar-refractivity contribution in [3.63, 3.8) is 0 Å². The minimum Gasteiger partial charge on any atom is -0.391 e. The van der Waals surface area contributed by atoms with Crippen molar-refractivity contribution in [2.24, 2.45) is 5.73 Å². The van der Waals surface area contributed by atoms with Gasteiger partial charge in [-0.1, -0.05) is 12.8 Å². The zero-order valence-corrected chi connectivity index (χ0v) is 7.12. The molecule has 12 heavy (non-hydrogen) atoms. The van der Waals surface area contributed by atoms with Gasteiger partial charge in [-0.2, -0.15) is 0 Å². The molecular formula is C8H16N2O2. The van der Waals surface area contributed by atoms with Crippen LogP contribution in [-0.4, -0.2) is 29.7 Å². The van der Waals surface area contributed by atoms with E-state index in [-0.39, 0.29) is 24.6 Å². The Kier molecular flexibility index (Phi) is 3.49. The van der Waals surface area contributed by atoms with E-state index in [2.05, 4.69) is 5.32 Å². The van der Waals surface area contributed by atoms with Crippen LogP contribution in [0.2, 0.25) is 0 Å². The first-order valence-electron chi connectivity index (χ1n) is 4.41. The van der Waals surface area contributed by atoms with Gasteiger partial charge in [0.1, 0.15) is 0 Å². The number of rotatable bonds is 2. The smallest absolute Gasteiger partial charge is 0.234 e. The Labute approximate surface area is 72.1 Å². The van der Waals surface area contributed by atoms with Gasteiger partial charge in [0.25, 0.3) is 0 Å². The Bertz CT molecular complexity index is 161. The fourth-order valence-electron chi connectivity index (χ4n) is 1.55. The van der Waals surface area contributed by atoms with Gasteiger partial charge in [0.2, 0.25) is 5.91 Å². The summed E-state index contributed by atoms with van der Waals surface area (Å²) in [6.07, 6.45) is 3.40. The Morgan fingerprint density at radius 3 is 2.75 bits per heavy atom. The van der Waals surface area contributed by atoms with Crippen molar-refractivity contribution in [1.82, 2.24) is 5.32 Å². The quantitative estimate of drug-likeness (QED) is 0.519. The Morgan fingerprint density at radius 2 is 2.17 bits per heavy atom. The molecule has 4 heteroatoms. The summed E-state index contributed by atoms with van der Waals surface area (Å²) in [5, 5.41) is 12.2. The molecule has 1 saturated carbocycles. The summed E-state index contributed by atoms with van der Waals surface area (Å²) in [5.74, 6) is -0.180. The first-order chi connectivity index (χ1) is 5.74. The lowest BCUT2D eigenvalue weighted by molar-refractivity contribution is -0.121. The fourth-order valence-corrected chi connectivity index (χ4v) is 1.55. The highest BCUT2D eigenvalue weighted by Crippen LogP contribution is 2.17. The predicted octanol–water partition coefficient (Wildman–Crippen LogP) is -0.635. The second-order valence-corrected chi connectivity index (χ2v) is 3.23. The summed E-state index contributed by atoms with van der Waals surface area (Å²) in [6, 6.07) is -0.0743. The van der Waals surface area contributed by atoms with Gasteiger partial charge in [-0.25, -0.2) is 0 Å². The van der Waals surface area contributed by atoms with Crippen LogP contribution in [0.15, 0.2) is 0 Å². The van der Waals surface area contributed by atoms with Gasteiger partial charge >= 0.3 is 0 Å². The number of aliphatic hydroxyl groups is 1. The molecular weight excluding hydrogens is 156 g/mol. The molecule has 0 aromatic carbocycles. The highest BCUT2D eigenvalue weighted by atomic mass is 16.3. The van der Waals surface area contributed by atoms with Crippen LogP contribution < -0.4 is 11.1 Å². The zero-order valence-electron chi connectivity index (χ0n) is 7.12. The SMILES string of the molecule is NCC(=O)N[C@@H]1CCCC[C@H]1O. The molecule has 1 rings (SSSR count). The third-order valence-electron chi connectivity index (χ3n) is 2.26. The van der Waals surface area contributed by atoms with E-state index in [0.29, 0.717) is 0 Å². The van der Waals surface area contributed by atoms with Crippen molar-refractivity contribution in [3.8, 4) is 0 Å². The second-order valence-electron chi connectivity index (χ2n) is 3.23. The maximum absolute atomic E-state index is 10.9. The number of nitrogens with two attached hydrogens (primary N) is 1. The van der Waals surface area contributed by atoms with E-state index < -0.39 is 0 Å². The van der Waals surface area contributed by atoms with Crippen molar-refractivity contribution >= 4 is 5.91 Å². The molecule has 0 unspecified atom stereocenters. The van der Waals surface area contributed by atoms with Crippen LogP contribution in [0.4, 0.5) is 0 Å². The van der Waals surface area contributed by atoms with Gasteiger partial charge in [-0.05, 0) is 12.8 Å². The van der Waals surface area contributed by atoms with E-state index in [1.165, 1.54) is 0 Å². The van der Waals surface area contributed by atoms with Crippen LogP contribution in [0.1, 0.15) is 25.7 Å². The molecule has 2 atom stereocenters. The lowest BCUT2D eigenvalue weighted by Gasteiger charge is -2.28. The van der Waals surface area contributed by atoms with Gasteiger partial charge < -0.3 is 16.2 Å². The molecule has 0 bridgehead atoms. The zero-order chi connectivity index (χ0) is 8.97. The van der Waals surface area contributed by atoms with Crippen LogP contribution in [0.5, 0.6) is 0 Å². The van der Waals surface area contributed by atoms with E-state index >= 15 is 0 Å². The van der Waals surface area contributed by atoms with Crippen LogP contribution in [0, 0.1) is 0 Å². The number of carbonyl (C=O) groups excluding carboxylic acids is 1. The van der Waals surface area contributed by atoms with Crippen molar-refractivity contribution in [1.29, 1.82) is 0 Å². The van der Waals surface area contributed by atoms with Gasteiger partial charge in [-0.15, -0.1) is 0 Å². The molecule has 70 valence electrons. The molecule has 0 spiro atoms. The van der Waals surface area contributed by atoms with Crippen molar-refractivity contribution in [2.75, 3.05) is 6.54 Å². The third-order valence-corrected chi connectivity index (χ3v) is 2.26. The van der Waals surface area contributed by atoms with Crippen LogP contribution in [0.25, 0.3) is 0 Å². The number of aliphatic hydroxyl groups excluding tert-OH is 1. The summed E-state index contributed by atoms with van der Waals surface area (Å²) in [6.45, 7) is 0.00319. The fraction of sp³-hybridized carbons (Fsp3) is 0.875. The molecule has 0 heterocycles. The summed E-state index contributed by atoms with van der Waals surface area (Å²) in [5.41, 5.74) is 5.14. The summed E-state index contributed by atoms with van der Waals surface area (Å²) < 4.78 is 0. The van der Waals surface area contributed by atoms with Gasteiger partial charge in [0.05, 0.1) is 18.7 Å². The molecule has 0 aromatic rings. The van der Waals surface area contributed by atoms with Gasteiger partial charge in [0, 0.05) is 0 Å². The second kappa shape index (κ2) is 4.42. The molecule has 1 amide bonds. The van der Waals surface area contributed by atoms with E-state index in [1.807, 2.05) is 0 Å². The highest BCUT2D eigenvalue weighted by Gasteiger charge is 2.23. The van der Waals surface area contributed by atoms with Crippen LogP contribution in [-0.2, 0) is 4.79 Å². The number of nitrogens with one attached hydrogen (secondary N) is 1. The Morgan fingerprint density at radius 1 is 1.50 bits per heavy atom. The van der Waals surface area contributed by atoms with Gasteiger partial charge in [0.15, 0.2) is 0 Å². The van der Waals surface area contributed by atoms with Crippen molar-refractivity contribution in [2.45, 2.75) is 37.8 Å². The van der Waals surface area contributed by atoms with E-state index in [0.717, 1.165) is 25.7 Å². The van der Waals surface area contributed by atoms with E-state index in [4.69, 9.17) is 5.73 Å². The average molecular weight is 172 g/mol. The van der Waals surface area contributed by atoms with Crippen molar-refractivity contribution in [3.05, 3.63) is 0 Å². The molecule has 1 aliphatic rings. The lowest BCUT2D eigenvalue weighted by atomic mass is 9.92. The minimum absolute atomic E-state index is 0.00319. The maximum Gasteiger partial charge on any atom is 0.234 e. The van der Waals surface area contributed by atoms with E-state index in [1.54, 1.807) is 0 Å². The first kappa shape index (κ1) is 9.48. The minimum atomic E-state index is -0.380. The highest BCUT2D eigenvalue weighted by molar-refractivity contribution is 5.78. The van der Waals surface area contributed by atoms with Crippen LogP contribution in [0.3, 0.4) is 0 Å². The van der Waals surface area contributed by atoms with Crippen LogP contribution >= 0.6 is 0 Å². The lowest BCUT2D eigenvalue weighted by Crippen LogP contribution is -2.47. The maximum atomic E-state index is 10.9. The molecule has 4 N–H and O–H groups in total. The number of hydrogen-bond acceptors (Lipinski definition) is 3.